The molecule has 9 heteroatoms. The Morgan fingerprint density at radius 1 is 1.25 bits per heavy atom. The number of nitrogens with two attached hydrogens (primary N) is 1. The average Bonchev–Trinajstić information content (AvgIpc) is 3.43. The molecule has 0 radical (unpaired) electrons. The number of hydrogen-bond acceptors (Lipinski definition) is 8. The van der Waals surface area contributed by atoms with Gasteiger partial charge >= 0.3 is 0 Å². The maximum absolute atomic E-state index is 11.1. The standard InChI is InChI=1S/C23H23N7OS/c1-29-13-27-18-9-16(11-26-21(18)29)20-19(15-6-4-14(10-24)5-7-15)28-22(32-20)23(31)30-8-2-3-17(25)12-30/h4-7,9,11,13,17,23,31H,2-3,8,12,25H2,1H3/t17-,23?/m1/s1. The first-order chi connectivity index (χ1) is 15.5. The fourth-order valence-corrected chi connectivity index (χ4v) is 5.19. The van der Waals surface area contributed by atoms with Crippen molar-refractivity contribution in [3.63, 3.8) is 0 Å². The first-order valence-corrected chi connectivity index (χ1v) is 11.3. The molecule has 1 aliphatic heterocycles. The molecule has 0 aliphatic carbocycles. The Hall–Kier alpha value is -3.16. The van der Waals surface area contributed by atoms with Gasteiger partial charge in [0.05, 0.1) is 28.5 Å². The van der Waals surface area contributed by atoms with E-state index in [1.807, 2.05) is 40.9 Å². The van der Waals surface area contributed by atoms with Crippen LogP contribution in [0.3, 0.4) is 0 Å². The third-order valence-corrected chi connectivity index (χ3v) is 6.95. The van der Waals surface area contributed by atoms with E-state index in [0.717, 1.165) is 52.2 Å². The van der Waals surface area contributed by atoms with Gasteiger partial charge in [-0.15, -0.1) is 11.3 Å². The van der Waals surface area contributed by atoms with Crippen molar-refractivity contribution in [3.05, 3.63) is 53.4 Å². The lowest BCUT2D eigenvalue weighted by Gasteiger charge is -2.33. The largest absolute Gasteiger partial charge is 0.372 e. The molecule has 1 fully saturated rings. The van der Waals surface area contributed by atoms with Gasteiger partial charge in [0.25, 0.3) is 0 Å². The van der Waals surface area contributed by atoms with E-state index in [-0.39, 0.29) is 6.04 Å². The second-order valence-electron chi connectivity index (χ2n) is 8.11. The number of aliphatic hydroxyl groups excluding tert-OH is 1. The van der Waals surface area contributed by atoms with Gasteiger partial charge in [0.15, 0.2) is 11.9 Å². The van der Waals surface area contributed by atoms with Crippen LogP contribution in [-0.4, -0.2) is 48.7 Å². The van der Waals surface area contributed by atoms with Gasteiger partial charge in [0.1, 0.15) is 10.5 Å². The summed E-state index contributed by atoms with van der Waals surface area (Å²) < 4.78 is 1.88. The van der Waals surface area contributed by atoms with Crippen molar-refractivity contribution in [1.29, 1.82) is 5.26 Å². The number of rotatable bonds is 4. The minimum absolute atomic E-state index is 0.0617. The van der Waals surface area contributed by atoms with Gasteiger partial charge in [-0.2, -0.15) is 5.26 Å². The molecule has 3 aromatic heterocycles. The molecule has 0 bridgehead atoms. The second kappa shape index (κ2) is 8.41. The number of thiazole rings is 1. The molecule has 1 aromatic carbocycles. The summed E-state index contributed by atoms with van der Waals surface area (Å²) >= 11 is 1.45. The normalized spacial score (nSPS) is 18.0. The number of benzene rings is 1. The molecule has 0 amide bonds. The second-order valence-corrected chi connectivity index (χ2v) is 9.14. The van der Waals surface area contributed by atoms with Crippen LogP contribution in [0.4, 0.5) is 0 Å². The van der Waals surface area contributed by atoms with E-state index in [1.165, 1.54) is 11.3 Å². The number of aromatic nitrogens is 4. The maximum atomic E-state index is 11.1. The molecule has 1 unspecified atom stereocenters. The van der Waals surface area contributed by atoms with Crippen molar-refractivity contribution < 1.29 is 5.11 Å². The number of nitriles is 1. The van der Waals surface area contributed by atoms with Gasteiger partial charge in [-0.05, 0) is 31.0 Å². The molecule has 32 heavy (non-hydrogen) atoms. The number of imidazole rings is 1. The Labute approximate surface area is 189 Å². The first kappa shape index (κ1) is 20.7. The predicted molar refractivity (Wildman–Crippen MR) is 124 cm³/mol. The Bertz CT molecular complexity index is 1300. The fourth-order valence-electron chi connectivity index (χ4n) is 4.10. The molecule has 5 rings (SSSR count). The van der Waals surface area contributed by atoms with Crippen LogP contribution in [0.5, 0.6) is 0 Å². The fraction of sp³-hybridized carbons (Fsp3) is 0.304. The number of piperidine rings is 1. The van der Waals surface area contributed by atoms with E-state index in [1.54, 1.807) is 18.5 Å². The summed E-state index contributed by atoms with van der Waals surface area (Å²) in [5, 5.41) is 20.9. The Balaban J connectivity index is 1.60. The highest BCUT2D eigenvalue weighted by Crippen LogP contribution is 2.40. The lowest BCUT2D eigenvalue weighted by molar-refractivity contribution is -0.0144. The number of aliphatic hydroxyl groups is 1. The quantitative estimate of drug-likeness (QED) is 0.496. The van der Waals surface area contributed by atoms with Crippen molar-refractivity contribution in [2.75, 3.05) is 13.1 Å². The van der Waals surface area contributed by atoms with Crippen LogP contribution < -0.4 is 5.73 Å². The molecule has 8 nitrogen and oxygen atoms in total. The van der Waals surface area contributed by atoms with Crippen molar-refractivity contribution >= 4 is 22.5 Å². The Morgan fingerprint density at radius 3 is 2.81 bits per heavy atom. The number of likely N-dealkylation sites (tertiary alicyclic amines) is 1. The van der Waals surface area contributed by atoms with E-state index in [2.05, 4.69) is 16.0 Å². The van der Waals surface area contributed by atoms with Crippen LogP contribution in [0.1, 0.15) is 29.6 Å². The summed E-state index contributed by atoms with van der Waals surface area (Å²) in [4.78, 5) is 16.8. The van der Waals surface area contributed by atoms with Crippen LogP contribution in [0.2, 0.25) is 0 Å². The molecule has 1 aliphatic rings. The third-order valence-electron chi connectivity index (χ3n) is 5.80. The zero-order valence-electron chi connectivity index (χ0n) is 17.6. The molecule has 162 valence electrons. The molecular weight excluding hydrogens is 422 g/mol. The number of hydrogen-bond donors (Lipinski definition) is 2. The van der Waals surface area contributed by atoms with Gasteiger partial charge < -0.3 is 15.4 Å². The molecular formula is C23H23N7OS. The van der Waals surface area contributed by atoms with Crippen molar-refractivity contribution in [2.24, 2.45) is 12.8 Å². The highest BCUT2D eigenvalue weighted by atomic mass is 32.1. The monoisotopic (exact) mass is 445 g/mol. The van der Waals surface area contributed by atoms with Crippen molar-refractivity contribution in [3.8, 4) is 27.8 Å². The summed E-state index contributed by atoms with van der Waals surface area (Å²) in [5.41, 5.74) is 10.8. The highest BCUT2D eigenvalue weighted by Gasteiger charge is 2.28. The lowest BCUT2D eigenvalue weighted by Crippen LogP contribution is -2.44. The van der Waals surface area contributed by atoms with Crippen molar-refractivity contribution in [1.82, 2.24) is 24.4 Å². The molecule has 0 spiro atoms. The van der Waals surface area contributed by atoms with E-state index >= 15 is 0 Å². The van der Waals surface area contributed by atoms with E-state index in [9.17, 15) is 5.11 Å². The SMILES string of the molecule is Cn1cnc2cc(-c3sc(C(O)N4CCC[C@@H](N)C4)nc3-c3ccc(C#N)cc3)cnc21. The molecule has 3 N–H and O–H groups in total. The topological polar surface area (TPSA) is 117 Å². The molecule has 2 atom stereocenters. The van der Waals surface area contributed by atoms with Gasteiger partial charge in [0.2, 0.25) is 0 Å². The van der Waals surface area contributed by atoms with Gasteiger partial charge in [-0.25, -0.2) is 15.0 Å². The minimum Gasteiger partial charge on any atom is -0.372 e. The summed E-state index contributed by atoms with van der Waals surface area (Å²) in [6, 6.07) is 11.5. The van der Waals surface area contributed by atoms with Crippen molar-refractivity contribution in [2.45, 2.75) is 25.1 Å². The number of pyridine rings is 1. The summed E-state index contributed by atoms with van der Waals surface area (Å²) in [6.07, 6.45) is 4.67. The van der Waals surface area contributed by atoms with Gasteiger partial charge in [-0.1, -0.05) is 12.1 Å². The number of aryl methyl sites for hydroxylation is 1. The average molecular weight is 446 g/mol. The maximum Gasteiger partial charge on any atom is 0.160 e. The smallest absolute Gasteiger partial charge is 0.160 e. The Morgan fingerprint density at radius 2 is 2.06 bits per heavy atom. The van der Waals surface area contributed by atoms with Gasteiger partial charge in [0, 0.05) is 43.5 Å². The van der Waals surface area contributed by atoms with E-state index in [4.69, 9.17) is 16.0 Å². The molecule has 0 saturated carbocycles. The zero-order valence-corrected chi connectivity index (χ0v) is 18.5. The van der Waals surface area contributed by atoms with Crippen LogP contribution >= 0.6 is 11.3 Å². The van der Waals surface area contributed by atoms with Crippen LogP contribution in [0.25, 0.3) is 32.9 Å². The van der Waals surface area contributed by atoms with Gasteiger partial charge in [-0.3, -0.25) is 4.90 Å². The van der Waals surface area contributed by atoms with E-state index in [0.29, 0.717) is 17.1 Å². The Kier molecular flexibility index (Phi) is 5.45. The number of fused-ring (bicyclic) bond motifs is 1. The van der Waals surface area contributed by atoms with Crippen LogP contribution in [0.15, 0.2) is 42.9 Å². The lowest BCUT2D eigenvalue weighted by atomic mass is 10.1. The predicted octanol–water partition coefficient (Wildman–Crippen LogP) is 3.04. The highest BCUT2D eigenvalue weighted by molar-refractivity contribution is 7.15. The van der Waals surface area contributed by atoms with E-state index < -0.39 is 6.23 Å². The minimum atomic E-state index is -0.816. The zero-order chi connectivity index (χ0) is 22.2. The molecule has 4 aromatic rings. The third kappa shape index (κ3) is 3.78. The number of nitrogens with zero attached hydrogens (tertiary/aromatic N) is 6. The summed E-state index contributed by atoms with van der Waals surface area (Å²) in [5.74, 6) is 0. The first-order valence-electron chi connectivity index (χ1n) is 10.5. The van der Waals surface area contributed by atoms with Crippen LogP contribution in [-0.2, 0) is 7.05 Å². The van der Waals surface area contributed by atoms with Crippen LogP contribution in [0, 0.1) is 11.3 Å². The molecule has 1 saturated heterocycles. The summed E-state index contributed by atoms with van der Waals surface area (Å²) in [7, 11) is 1.91. The summed E-state index contributed by atoms with van der Waals surface area (Å²) in [6.45, 7) is 1.43. The molecule has 4 heterocycles.